The average Bonchev–Trinajstić information content (AvgIpc) is 3.23. The number of fused-ring (bicyclic) bond motifs is 1. The van der Waals surface area contributed by atoms with E-state index in [0.29, 0.717) is 11.3 Å². The predicted molar refractivity (Wildman–Crippen MR) is 94.0 cm³/mol. The summed E-state index contributed by atoms with van der Waals surface area (Å²) in [6.45, 7) is 0. The van der Waals surface area contributed by atoms with E-state index in [2.05, 4.69) is 27.1 Å². The van der Waals surface area contributed by atoms with Crippen LogP contribution in [0.4, 0.5) is 5.69 Å². The molecule has 0 spiro atoms. The molecule has 0 atom stereocenters. The number of rotatable bonds is 1. The van der Waals surface area contributed by atoms with Gasteiger partial charge in [-0.15, -0.1) is 0 Å². The molecule has 0 radical (unpaired) electrons. The Kier molecular flexibility index (Phi) is 3.45. The van der Waals surface area contributed by atoms with Gasteiger partial charge in [0.1, 0.15) is 5.69 Å². The van der Waals surface area contributed by atoms with Crippen molar-refractivity contribution < 1.29 is 4.79 Å². The highest BCUT2D eigenvalue weighted by molar-refractivity contribution is 6.34. The first kappa shape index (κ1) is 14.0. The molecule has 2 N–H and O–H groups in total. The van der Waals surface area contributed by atoms with Crippen molar-refractivity contribution in [1.82, 2.24) is 9.97 Å². The van der Waals surface area contributed by atoms with Gasteiger partial charge in [0.15, 0.2) is 0 Å². The van der Waals surface area contributed by atoms with Gasteiger partial charge in [-0.3, -0.25) is 4.79 Å². The summed E-state index contributed by atoms with van der Waals surface area (Å²) < 4.78 is 0. The SMILES string of the molecule is O=C1Nc2ccc(C#Cc3ccccn3)cc2C1=Cc1ccc[nH]1. The number of amides is 1. The van der Waals surface area contributed by atoms with Gasteiger partial charge in [0, 0.05) is 34.9 Å². The highest BCUT2D eigenvalue weighted by atomic mass is 16.2. The summed E-state index contributed by atoms with van der Waals surface area (Å²) >= 11 is 0. The molecule has 4 heteroatoms. The van der Waals surface area contributed by atoms with Crippen LogP contribution in [0.25, 0.3) is 11.6 Å². The van der Waals surface area contributed by atoms with Crippen molar-refractivity contribution in [3.05, 3.63) is 83.4 Å². The second kappa shape index (κ2) is 5.90. The molecule has 1 aliphatic rings. The molecule has 0 saturated carbocycles. The maximum atomic E-state index is 12.2. The van der Waals surface area contributed by atoms with Crippen LogP contribution >= 0.6 is 0 Å². The highest BCUT2D eigenvalue weighted by Gasteiger charge is 2.24. The molecule has 0 unspecified atom stereocenters. The summed E-state index contributed by atoms with van der Waals surface area (Å²) in [4.78, 5) is 19.5. The molecule has 3 heterocycles. The van der Waals surface area contributed by atoms with Crippen molar-refractivity contribution in [2.45, 2.75) is 0 Å². The number of benzene rings is 1. The summed E-state index contributed by atoms with van der Waals surface area (Å²) in [5.74, 6) is 6.03. The van der Waals surface area contributed by atoms with Crippen LogP contribution in [-0.4, -0.2) is 15.9 Å². The fraction of sp³-hybridized carbons (Fsp3) is 0. The average molecular weight is 311 g/mol. The van der Waals surface area contributed by atoms with Crippen LogP contribution < -0.4 is 5.32 Å². The molecule has 0 fully saturated rings. The molecule has 0 saturated heterocycles. The minimum absolute atomic E-state index is 0.102. The van der Waals surface area contributed by atoms with E-state index in [-0.39, 0.29) is 5.91 Å². The number of nitrogens with one attached hydrogen (secondary N) is 2. The number of hydrogen-bond acceptors (Lipinski definition) is 2. The minimum Gasteiger partial charge on any atom is -0.362 e. The maximum absolute atomic E-state index is 12.2. The molecule has 114 valence electrons. The van der Waals surface area contributed by atoms with E-state index >= 15 is 0 Å². The van der Waals surface area contributed by atoms with Crippen molar-refractivity contribution >= 4 is 23.2 Å². The van der Waals surface area contributed by atoms with E-state index in [1.165, 1.54) is 0 Å². The lowest BCUT2D eigenvalue weighted by Crippen LogP contribution is -2.03. The van der Waals surface area contributed by atoms with Gasteiger partial charge in [0.2, 0.25) is 0 Å². The normalized spacial score (nSPS) is 14.0. The molecular weight excluding hydrogens is 298 g/mol. The lowest BCUT2D eigenvalue weighted by molar-refractivity contribution is -0.110. The molecule has 24 heavy (non-hydrogen) atoms. The van der Waals surface area contributed by atoms with Gasteiger partial charge in [0.25, 0.3) is 5.91 Å². The standard InChI is InChI=1S/C20H13N3O/c24-20-18(13-16-5-3-11-22-16)17-12-14(7-9-19(17)23-20)6-8-15-4-1-2-10-21-15/h1-5,7,9-13,22H,(H,23,24). The van der Waals surface area contributed by atoms with Gasteiger partial charge in [-0.2, -0.15) is 0 Å². The fourth-order valence-electron chi connectivity index (χ4n) is 2.57. The minimum atomic E-state index is -0.102. The lowest BCUT2D eigenvalue weighted by atomic mass is 10.0. The van der Waals surface area contributed by atoms with Crippen LogP contribution in [0.1, 0.15) is 22.5 Å². The Balaban J connectivity index is 1.72. The quantitative estimate of drug-likeness (QED) is 0.535. The Morgan fingerprint density at radius 1 is 1.04 bits per heavy atom. The van der Waals surface area contributed by atoms with E-state index in [1.54, 1.807) is 6.20 Å². The van der Waals surface area contributed by atoms with Gasteiger partial charge in [-0.25, -0.2) is 4.98 Å². The number of hydrogen-bond donors (Lipinski definition) is 2. The monoisotopic (exact) mass is 311 g/mol. The first-order valence-electron chi connectivity index (χ1n) is 7.53. The van der Waals surface area contributed by atoms with Crippen molar-refractivity contribution in [2.24, 2.45) is 0 Å². The number of H-pyrrole nitrogens is 1. The van der Waals surface area contributed by atoms with Gasteiger partial charge in [-0.05, 0) is 54.5 Å². The molecule has 4 rings (SSSR count). The van der Waals surface area contributed by atoms with Crippen LogP contribution in [0.3, 0.4) is 0 Å². The number of anilines is 1. The Bertz CT molecular complexity index is 990. The van der Waals surface area contributed by atoms with Crippen molar-refractivity contribution in [3.63, 3.8) is 0 Å². The Hall–Kier alpha value is -3.58. The Labute approximate surface area is 139 Å². The third-order valence-corrected chi connectivity index (χ3v) is 3.72. The van der Waals surface area contributed by atoms with E-state index in [1.807, 2.05) is 60.8 Å². The largest absolute Gasteiger partial charge is 0.362 e. The smallest absolute Gasteiger partial charge is 0.256 e. The van der Waals surface area contributed by atoms with Gasteiger partial charge in [0.05, 0.1) is 5.57 Å². The maximum Gasteiger partial charge on any atom is 0.256 e. The molecule has 1 amide bonds. The van der Waals surface area contributed by atoms with Crippen LogP contribution in [0.5, 0.6) is 0 Å². The summed E-state index contributed by atoms with van der Waals surface area (Å²) in [5, 5.41) is 2.88. The van der Waals surface area contributed by atoms with Gasteiger partial charge in [-0.1, -0.05) is 12.0 Å². The van der Waals surface area contributed by atoms with Crippen LogP contribution in [0.2, 0.25) is 0 Å². The number of aromatic nitrogens is 2. The highest BCUT2D eigenvalue weighted by Crippen LogP contribution is 2.33. The summed E-state index contributed by atoms with van der Waals surface area (Å²) in [7, 11) is 0. The topological polar surface area (TPSA) is 57.8 Å². The molecule has 2 aromatic heterocycles. The molecule has 1 aromatic carbocycles. The molecule has 1 aliphatic heterocycles. The zero-order chi connectivity index (χ0) is 16.4. The van der Waals surface area contributed by atoms with Crippen LogP contribution in [0, 0.1) is 11.8 Å². The van der Waals surface area contributed by atoms with Crippen molar-refractivity contribution in [2.75, 3.05) is 5.32 Å². The third-order valence-electron chi connectivity index (χ3n) is 3.72. The molecule has 0 bridgehead atoms. The Morgan fingerprint density at radius 2 is 2.00 bits per heavy atom. The predicted octanol–water partition coefficient (Wildman–Crippen LogP) is 3.30. The Morgan fingerprint density at radius 3 is 2.79 bits per heavy atom. The van der Waals surface area contributed by atoms with Crippen molar-refractivity contribution in [1.29, 1.82) is 0 Å². The molecular formula is C20H13N3O. The lowest BCUT2D eigenvalue weighted by Gasteiger charge is -1.99. The first-order valence-corrected chi connectivity index (χ1v) is 7.53. The van der Waals surface area contributed by atoms with Gasteiger partial charge >= 0.3 is 0 Å². The number of pyridine rings is 1. The summed E-state index contributed by atoms with van der Waals surface area (Å²) in [6.07, 6.45) is 5.39. The van der Waals surface area contributed by atoms with E-state index in [9.17, 15) is 4.79 Å². The first-order chi connectivity index (χ1) is 11.8. The summed E-state index contributed by atoms with van der Waals surface area (Å²) in [5.41, 5.74) is 4.75. The zero-order valence-electron chi connectivity index (χ0n) is 12.7. The fourth-order valence-corrected chi connectivity index (χ4v) is 2.57. The summed E-state index contributed by atoms with van der Waals surface area (Å²) in [6, 6.07) is 15.1. The van der Waals surface area contributed by atoms with Gasteiger partial charge < -0.3 is 10.3 Å². The number of carbonyl (C=O) groups is 1. The van der Waals surface area contributed by atoms with Crippen LogP contribution in [-0.2, 0) is 4.79 Å². The zero-order valence-corrected chi connectivity index (χ0v) is 12.7. The molecule has 3 aromatic rings. The second-order valence-corrected chi connectivity index (χ2v) is 5.36. The van der Waals surface area contributed by atoms with E-state index in [4.69, 9.17) is 0 Å². The molecule has 0 aliphatic carbocycles. The number of carbonyl (C=O) groups excluding carboxylic acids is 1. The second-order valence-electron chi connectivity index (χ2n) is 5.36. The van der Waals surface area contributed by atoms with Crippen LogP contribution in [0.15, 0.2) is 60.9 Å². The molecule has 4 nitrogen and oxygen atoms in total. The third kappa shape index (κ3) is 2.71. The number of nitrogens with zero attached hydrogens (tertiary/aromatic N) is 1. The van der Waals surface area contributed by atoms with E-state index < -0.39 is 0 Å². The van der Waals surface area contributed by atoms with E-state index in [0.717, 1.165) is 22.5 Å². The van der Waals surface area contributed by atoms with Crippen molar-refractivity contribution in [3.8, 4) is 11.8 Å². The number of aromatic amines is 1.